The predicted octanol–water partition coefficient (Wildman–Crippen LogP) is 2.08. The number of nitrogen functional groups attached to an aromatic ring is 1. The van der Waals surface area contributed by atoms with Gasteiger partial charge < -0.3 is 5.73 Å². The lowest BCUT2D eigenvalue weighted by atomic mass is 10.1. The van der Waals surface area contributed by atoms with Crippen LogP contribution < -0.4 is 5.73 Å². The lowest BCUT2D eigenvalue weighted by molar-refractivity contribution is 0.580. The molecule has 1 aromatic carbocycles. The molecule has 2 nitrogen and oxygen atoms in total. The van der Waals surface area contributed by atoms with Crippen molar-refractivity contribution in [2.24, 2.45) is 0 Å². The van der Waals surface area contributed by atoms with Crippen LogP contribution in [0.1, 0.15) is 5.56 Å². The average molecular weight is 180 g/mol. The van der Waals surface area contributed by atoms with Crippen molar-refractivity contribution in [1.82, 2.24) is 0 Å². The first-order chi connectivity index (χ1) is 6.15. The SMILES string of the molecule is N#CC=Cc1c(F)cc(N)cc1F. The monoisotopic (exact) mass is 180 g/mol. The number of allylic oxidation sites excluding steroid dienone is 1. The van der Waals surface area contributed by atoms with Gasteiger partial charge in [0.2, 0.25) is 0 Å². The Hall–Kier alpha value is -1.89. The third-order valence-electron chi connectivity index (χ3n) is 1.43. The summed E-state index contributed by atoms with van der Waals surface area (Å²) in [5.74, 6) is -1.55. The van der Waals surface area contributed by atoms with E-state index in [4.69, 9.17) is 11.0 Å². The third-order valence-corrected chi connectivity index (χ3v) is 1.43. The molecule has 66 valence electrons. The standard InChI is InChI=1S/C9H6F2N2/c10-8-4-6(13)5-9(11)7(8)2-1-3-12/h1-2,4-5H,13H2. The zero-order valence-corrected chi connectivity index (χ0v) is 6.59. The van der Waals surface area contributed by atoms with E-state index >= 15 is 0 Å². The van der Waals surface area contributed by atoms with Gasteiger partial charge in [-0.1, -0.05) is 0 Å². The van der Waals surface area contributed by atoms with Gasteiger partial charge in [-0.05, 0) is 18.2 Å². The number of nitrogens with two attached hydrogens (primary N) is 1. The van der Waals surface area contributed by atoms with Crippen LogP contribution in [0, 0.1) is 23.0 Å². The van der Waals surface area contributed by atoms with Gasteiger partial charge >= 0.3 is 0 Å². The molecule has 0 spiro atoms. The molecule has 1 rings (SSSR count). The molecule has 0 aromatic heterocycles. The molecule has 0 unspecified atom stereocenters. The summed E-state index contributed by atoms with van der Waals surface area (Å²) in [7, 11) is 0. The van der Waals surface area contributed by atoms with Crippen LogP contribution in [0.3, 0.4) is 0 Å². The maximum atomic E-state index is 13.0. The molecule has 0 bridgehead atoms. The maximum absolute atomic E-state index is 13.0. The fraction of sp³-hybridized carbons (Fsp3) is 0. The van der Waals surface area contributed by atoms with Gasteiger partial charge in [-0.3, -0.25) is 0 Å². The normalized spacial score (nSPS) is 10.2. The van der Waals surface area contributed by atoms with Gasteiger partial charge in [0, 0.05) is 17.3 Å². The molecule has 0 radical (unpaired) electrons. The predicted molar refractivity (Wildman–Crippen MR) is 45.4 cm³/mol. The summed E-state index contributed by atoms with van der Waals surface area (Å²) in [5, 5.41) is 8.16. The number of benzene rings is 1. The minimum absolute atomic E-state index is 0.0177. The molecule has 0 aliphatic carbocycles. The minimum atomic E-state index is -0.774. The maximum Gasteiger partial charge on any atom is 0.135 e. The summed E-state index contributed by atoms with van der Waals surface area (Å²) in [6.07, 6.45) is 2.06. The number of rotatable bonds is 1. The first-order valence-electron chi connectivity index (χ1n) is 3.46. The van der Waals surface area contributed by atoms with Gasteiger partial charge in [-0.25, -0.2) is 8.78 Å². The summed E-state index contributed by atoms with van der Waals surface area (Å²) in [5.41, 5.74) is 4.95. The van der Waals surface area contributed by atoms with Crippen molar-refractivity contribution in [2.45, 2.75) is 0 Å². The molecule has 0 aliphatic heterocycles. The highest BCUT2D eigenvalue weighted by Gasteiger charge is 2.06. The van der Waals surface area contributed by atoms with E-state index in [-0.39, 0.29) is 11.3 Å². The minimum Gasteiger partial charge on any atom is -0.399 e. The Balaban J connectivity index is 3.22. The van der Waals surface area contributed by atoms with Crippen LogP contribution in [0.2, 0.25) is 0 Å². The van der Waals surface area contributed by atoms with Crippen LogP contribution in [0.5, 0.6) is 0 Å². The summed E-state index contributed by atoms with van der Waals surface area (Å²) in [6, 6.07) is 3.64. The molecular formula is C9H6F2N2. The van der Waals surface area contributed by atoms with Crippen LogP contribution in [0.4, 0.5) is 14.5 Å². The number of hydrogen-bond donors (Lipinski definition) is 1. The van der Waals surface area contributed by atoms with Crippen molar-refractivity contribution < 1.29 is 8.78 Å². The van der Waals surface area contributed by atoms with Crippen molar-refractivity contribution in [2.75, 3.05) is 5.73 Å². The van der Waals surface area contributed by atoms with E-state index in [1.807, 2.05) is 0 Å². The van der Waals surface area contributed by atoms with Crippen LogP contribution in [-0.4, -0.2) is 0 Å². The number of nitriles is 1. The van der Waals surface area contributed by atoms with Crippen LogP contribution in [0.25, 0.3) is 6.08 Å². The van der Waals surface area contributed by atoms with Gasteiger partial charge in [-0.2, -0.15) is 5.26 Å². The molecule has 0 fully saturated rings. The molecule has 0 saturated heterocycles. The zero-order chi connectivity index (χ0) is 9.84. The van der Waals surface area contributed by atoms with Crippen molar-refractivity contribution >= 4 is 11.8 Å². The second-order valence-corrected chi connectivity index (χ2v) is 2.36. The highest BCUT2D eigenvalue weighted by Crippen LogP contribution is 2.17. The molecule has 0 atom stereocenters. The lowest BCUT2D eigenvalue weighted by Gasteiger charge is -1.99. The zero-order valence-electron chi connectivity index (χ0n) is 6.59. The molecule has 1 aromatic rings. The van der Waals surface area contributed by atoms with Gasteiger partial charge in [0.15, 0.2) is 0 Å². The second kappa shape index (κ2) is 3.68. The number of nitrogens with zero attached hydrogens (tertiary/aromatic N) is 1. The Morgan fingerprint density at radius 1 is 1.31 bits per heavy atom. The molecule has 0 aliphatic rings. The lowest BCUT2D eigenvalue weighted by Crippen LogP contribution is -1.93. The van der Waals surface area contributed by atoms with Crippen molar-refractivity contribution in [3.63, 3.8) is 0 Å². The Labute approximate surface area is 73.9 Å². The van der Waals surface area contributed by atoms with Crippen molar-refractivity contribution in [1.29, 1.82) is 5.26 Å². The molecule has 2 N–H and O–H groups in total. The summed E-state index contributed by atoms with van der Waals surface area (Å²) in [6.45, 7) is 0. The second-order valence-electron chi connectivity index (χ2n) is 2.36. The Morgan fingerprint density at radius 2 is 1.85 bits per heavy atom. The molecular weight excluding hydrogens is 174 g/mol. The smallest absolute Gasteiger partial charge is 0.135 e. The fourth-order valence-corrected chi connectivity index (χ4v) is 0.884. The molecule has 13 heavy (non-hydrogen) atoms. The quantitative estimate of drug-likeness (QED) is 0.531. The van der Waals surface area contributed by atoms with E-state index in [9.17, 15) is 8.78 Å². The average Bonchev–Trinajstić information content (AvgIpc) is 2.02. The van der Waals surface area contributed by atoms with Crippen molar-refractivity contribution in [3.05, 3.63) is 35.4 Å². The number of halogens is 2. The first kappa shape index (κ1) is 9.20. The Bertz CT molecular complexity index is 368. The number of anilines is 1. The molecule has 0 amide bonds. The van der Waals surface area contributed by atoms with E-state index in [2.05, 4.69) is 0 Å². The fourth-order valence-electron chi connectivity index (χ4n) is 0.884. The third kappa shape index (κ3) is 2.03. The largest absolute Gasteiger partial charge is 0.399 e. The van der Waals surface area contributed by atoms with Crippen LogP contribution in [0.15, 0.2) is 18.2 Å². The van der Waals surface area contributed by atoms with E-state index in [0.29, 0.717) is 0 Å². The van der Waals surface area contributed by atoms with Gasteiger partial charge in [0.25, 0.3) is 0 Å². The van der Waals surface area contributed by atoms with Crippen LogP contribution >= 0.6 is 0 Å². The van der Waals surface area contributed by atoms with E-state index in [1.54, 1.807) is 6.07 Å². The highest BCUT2D eigenvalue weighted by atomic mass is 19.1. The topological polar surface area (TPSA) is 49.8 Å². The summed E-state index contributed by atoms with van der Waals surface area (Å²) < 4.78 is 25.9. The van der Waals surface area contributed by atoms with E-state index < -0.39 is 11.6 Å². The van der Waals surface area contributed by atoms with E-state index in [1.165, 1.54) is 0 Å². The Morgan fingerprint density at radius 3 is 2.31 bits per heavy atom. The first-order valence-corrected chi connectivity index (χ1v) is 3.46. The summed E-state index contributed by atoms with van der Waals surface area (Å²) >= 11 is 0. The Kier molecular flexibility index (Phi) is 2.60. The number of hydrogen-bond acceptors (Lipinski definition) is 2. The van der Waals surface area contributed by atoms with Gasteiger partial charge in [0.1, 0.15) is 11.6 Å². The van der Waals surface area contributed by atoms with Crippen LogP contribution in [-0.2, 0) is 0 Å². The molecule has 0 saturated carbocycles. The van der Waals surface area contributed by atoms with Gasteiger partial charge in [-0.15, -0.1) is 0 Å². The molecule has 0 heterocycles. The summed E-state index contributed by atoms with van der Waals surface area (Å²) in [4.78, 5) is 0. The van der Waals surface area contributed by atoms with Crippen molar-refractivity contribution in [3.8, 4) is 6.07 Å². The molecule has 4 heteroatoms. The van der Waals surface area contributed by atoms with Gasteiger partial charge in [0.05, 0.1) is 6.07 Å². The van der Waals surface area contributed by atoms with E-state index in [0.717, 1.165) is 24.3 Å². The highest BCUT2D eigenvalue weighted by molar-refractivity contribution is 5.56.